The fourth-order valence-corrected chi connectivity index (χ4v) is 2.19. The Morgan fingerprint density at radius 2 is 2.08 bits per heavy atom. The maximum absolute atomic E-state index is 11.4. The fourth-order valence-electron chi connectivity index (χ4n) is 2.19. The Balaban J connectivity index is 1.98. The summed E-state index contributed by atoms with van der Waals surface area (Å²) >= 11 is 0. The standard InChI is InChI=1S/C9H16N2O/c1-7-6-9(12)11(10-7)8-4-2-3-5-8/h7-8,10H,2-6H2,1H3. The summed E-state index contributed by atoms with van der Waals surface area (Å²) in [6.45, 7) is 2.06. The zero-order chi connectivity index (χ0) is 8.55. The third kappa shape index (κ3) is 1.33. The molecule has 2 fully saturated rings. The number of hydrazine groups is 1. The highest BCUT2D eigenvalue weighted by Gasteiger charge is 2.33. The molecule has 2 rings (SSSR count). The minimum absolute atomic E-state index is 0.286. The average Bonchev–Trinajstić information content (AvgIpc) is 2.58. The molecule has 0 aromatic carbocycles. The van der Waals surface area contributed by atoms with Crippen molar-refractivity contribution in [2.24, 2.45) is 0 Å². The summed E-state index contributed by atoms with van der Waals surface area (Å²) in [7, 11) is 0. The number of hydrogen-bond donors (Lipinski definition) is 1. The fraction of sp³-hybridized carbons (Fsp3) is 0.889. The van der Waals surface area contributed by atoms with Crippen LogP contribution in [-0.4, -0.2) is 23.0 Å². The second-order valence-corrected chi connectivity index (χ2v) is 3.94. The molecule has 3 nitrogen and oxygen atoms in total. The SMILES string of the molecule is CC1CC(=O)N(C2CCCC2)N1. The van der Waals surface area contributed by atoms with Crippen molar-refractivity contribution in [3.05, 3.63) is 0 Å². The molecule has 1 amide bonds. The summed E-state index contributed by atoms with van der Waals surface area (Å²) in [6, 6.07) is 0.834. The monoisotopic (exact) mass is 168 g/mol. The topological polar surface area (TPSA) is 32.3 Å². The van der Waals surface area contributed by atoms with Gasteiger partial charge in [0.15, 0.2) is 0 Å². The Morgan fingerprint density at radius 3 is 2.58 bits per heavy atom. The zero-order valence-corrected chi connectivity index (χ0v) is 7.55. The third-order valence-corrected chi connectivity index (χ3v) is 2.80. The van der Waals surface area contributed by atoms with E-state index < -0.39 is 0 Å². The van der Waals surface area contributed by atoms with E-state index in [1.54, 1.807) is 0 Å². The second kappa shape index (κ2) is 3.05. The van der Waals surface area contributed by atoms with Crippen LogP contribution in [0.25, 0.3) is 0 Å². The first-order valence-corrected chi connectivity index (χ1v) is 4.85. The van der Waals surface area contributed by atoms with E-state index in [1.165, 1.54) is 25.7 Å². The van der Waals surface area contributed by atoms with Crippen LogP contribution in [0.1, 0.15) is 39.0 Å². The number of rotatable bonds is 1. The van der Waals surface area contributed by atoms with Crippen molar-refractivity contribution in [3.63, 3.8) is 0 Å². The van der Waals surface area contributed by atoms with Gasteiger partial charge >= 0.3 is 0 Å². The van der Waals surface area contributed by atoms with E-state index in [9.17, 15) is 4.79 Å². The summed E-state index contributed by atoms with van der Waals surface area (Å²) in [4.78, 5) is 11.4. The van der Waals surface area contributed by atoms with Crippen molar-refractivity contribution in [1.29, 1.82) is 0 Å². The van der Waals surface area contributed by atoms with Gasteiger partial charge in [0.2, 0.25) is 5.91 Å². The number of nitrogens with one attached hydrogen (secondary N) is 1. The normalized spacial score (nSPS) is 31.9. The van der Waals surface area contributed by atoms with Crippen LogP contribution in [0.4, 0.5) is 0 Å². The first-order chi connectivity index (χ1) is 5.77. The predicted molar refractivity (Wildman–Crippen MR) is 46.3 cm³/mol. The molecule has 0 bridgehead atoms. The molecule has 68 valence electrons. The van der Waals surface area contributed by atoms with Crippen LogP contribution >= 0.6 is 0 Å². The molecule has 0 aromatic heterocycles. The van der Waals surface area contributed by atoms with Gasteiger partial charge in [-0.3, -0.25) is 9.80 Å². The molecule has 12 heavy (non-hydrogen) atoms. The summed E-state index contributed by atoms with van der Waals surface area (Å²) in [5.41, 5.74) is 3.23. The third-order valence-electron chi connectivity index (χ3n) is 2.80. The number of carbonyl (C=O) groups excluding carboxylic acids is 1. The first kappa shape index (κ1) is 8.05. The van der Waals surface area contributed by atoms with Crippen molar-refractivity contribution in [2.45, 2.75) is 51.1 Å². The van der Waals surface area contributed by atoms with Crippen LogP contribution in [-0.2, 0) is 4.79 Å². The van der Waals surface area contributed by atoms with Crippen LogP contribution in [0.15, 0.2) is 0 Å². The molecule has 1 unspecified atom stereocenters. The Bertz CT molecular complexity index is 187. The van der Waals surface area contributed by atoms with Crippen molar-refractivity contribution in [2.75, 3.05) is 0 Å². The number of nitrogens with zero attached hydrogens (tertiary/aromatic N) is 1. The summed E-state index contributed by atoms with van der Waals surface area (Å²) in [6.07, 6.45) is 5.61. The average molecular weight is 168 g/mol. The number of amides is 1. The maximum atomic E-state index is 11.4. The summed E-state index contributed by atoms with van der Waals surface area (Å²) in [5.74, 6) is 0.286. The molecule has 2 aliphatic rings. The van der Waals surface area contributed by atoms with Gasteiger partial charge < -0.3 is 0 Å². The molecule has 1 heterocycles. The van der Waals surface area contributed by atoms with Gasteiger partial charge in [0.1, 0.15) is 0 Å². The highest BCUT2D eigenvalue weighted by molar-refractivity contribution is 5.78. The molecule has 1 saturated carbocycles. The van der Waals surface area contributed by atoms with Gasteiger partial charge in [-0.05, 0) is 19.8 Å². The lowest BCUT2D eigenvalue weighted by atomic mass is 10.2. The maximum Gasteiger partial charge on any atom is 0.238 e. The van der Waals surface area contributed by atoms with Crippen molar-refractivity contribution >= 4 is 5.91 Å². The highest BCUT2D eigenvalue weighted by Crippen LogP contribution is 2.25. The molecule has 0 aromatic rings. The molecule has 1 aliphatic heterocycles. The second-order valence-electron chi connectivity index (χ2n) is 3.94. The molecular formula is C9H16N2O. The lowest BCUT2D eigenvalue weighted by Crippen LogP contribution is -2.43. The van der Waals surface area contributed by atoms with Gasteiger partial charge in [-0.2, -0.15) is 0 Å². The van der Waals surface area contributed by atoms with Crippen molar-refractivity contribution in [1.82, 2.24) is 10.4 Å². The Morgan fingerprint density at radius 1 is 1.42 bits per heavy atom. The lowest BCUT2D eigenvalue weighted by Gasteiger charge is -2.23. The van der Waals surface area contributed by atoms with Crippen molar-refractivity contribution < 1.29 is 4.79 Å². The molecular weight excluding hydrogens is 152 g/mol. The van der Waals surface area contributed by atoms with Gasteiger partial charge in [0.25, 0.3) is 0 Å². The molecule has 1 saturated heterocycles. The minimum Gasteiger partial charge on any atom is -0.275 e. The smallest absolute Gasteiger partial charge is 0.238 e. The van der Waals surface area contributed by atoms with Crippen LogP contribution in [0.3, 0.4) is 0 Å². The molecule has 1 N–H and O–H groups in total. The Hall–Kier alpha value is -0.570. The molecule has 0 radical (unpaired) electrons. The van der Waals surface area contributed by atoms with Crippen molar-refractivity contribution in [3.8, 4) is 0 Å². The Labute approximate surface area is 73.1 Å². The van der Waals surface area contributed by atoms with Crippen LogP contribution < -0.4 is 5.43 Å². The molecule has 1 atom stereocenters. The highest BCUT2D eigenvalue weighted by atomic mass is 16.2. The number of hydrogen-bond acceptors (Lipinski definition) is 2. The lowest BCUT2D eigenvalue weighted by molar-refractivity contribution is -0.131. The first-order valence-electron chi connectivity index (χ1n) is 4.85. The van der Waals surface area contributed by atoms with Crippen LogP contribution in [0.2, 0.25) is 0 Å². The van der Waals surface area contributed by atoms with E-state index in [1.807, 2.05) is 5.01 Å². The van der Waals surface area contributed by atoms with E-state index in [0.717, 1.165) is 0 Å². The number of carbonyl (C=O) groups is 1. The van der Waals surface area contributed by atoms with Gasteiger partial charge in [-0.25, -0.2) is 5.43 Å². The predicted octanol–water partition coefficient (Wildman–Crippen LogP) is 1.05. The molecule has 1 aliphatic carbocycles. The van der Waals surface area contributed by atoms with Gasteiger partial charge in [0, 0.05) is 18.5 Å². The Kier molecular flexibility index (Phi) is 2.05. The summed E-state index contributed by atoms with van der Waals surface area (Å²) in [5, 5.41) is 1.87. The van der Waals surface area contributed by atoms with E-state index in [4.69, 9.17) is 0 Å². The van der Waals surface area contributed by atoms with Gasteiger partial charge in [-0.1, -0.05) is 12.8 Å². The van der Waals surface area contributed by atoms with Gasteiger partial charge in [0.05, 0.1) is 0 Å². The molecule has 0 spiro atoms. The van der Waals surface area contributed by atoms with Gasteiger partial charge in [-0.15, -0.1) is 0 Å². The van der Waals surface area contributed by atoms with Crippen LogP contribution in [0, 0.1) is 0 Å². The van der Waals surface area contributed by atoms with E-state index in [0.29, 0.717) is 18.5 Å². The largest absolute Gasteiger partial charge is 0.275 e. The van der Waals surface area contributed by atoms with E-state index in [2.05, 4.69) is 12.3 Å². The van der Waals surface area contributed by atoms with E-state index in [-0.39, 0.29) is 5.91 Å². The quantitative estimate of drug-likeness (QED) is 0.635. The van der Waals surface area contributed by atoms with E-state index >= 15 is 0 Å². The zero-order valence-electron chi connectivity index (χ0n) is 7.55. The molecule has 3 heteroatoms. The van der Waals surface area contributed by atoms with Crippen LogP contribution in [0.5, 0.6) is 0 Å². The summed E-state index contributed by atoms with van der Waals surface area (Å²) < 4.78 is 0. The minimum atomic E-state index is 0.286.